The second-order valence-electron chi connectivity index (χ2n) is 10.5. The average molecular weight is 614 g/mol. The normalized spacial score (nSPS) is 13.3. The zero-order valence-corrected chi connectivity index (χ0v) is 25.4. The van der Waals surface area contributed by atoms with Crippen LogP contribution in [0.25, 0.3) is 0 Å². The van der Waals surface area contributed by atoms with Crippen LogP contribution in [-0.4, -0.2) is 64.6 Å². The summed E-state index contributed by atoms with van der Waals surface area (Å²) < 4.78 is 59.3. The highest BCUT2D eigenvalue weighted by Gasteiger charge is 2.33. The predicted molar refractivity (Wildman–Crippen MR) is 159 cm³/mol. The molecule has 1 heterocycles. The van der Waals surface area contributed by atoms with Gasteiger partial charge in [-0.2, -0.15) is 0 Å². The van der Waals surface area contributed by atoms with Crippen LogP contribution >= 0.6 is 0 Å². The lowest BCUT2D eigenvalue weighted by Crippen LogP contribution is -2.51. The maximum atomic E-state index is 14.1. The fraction of sp³-hybridized carbons (Fsp3) is 0.355. The molecule has 0 saturated heterocycles. The lowest BCUT2D eigenvalue weighted by molar-refractivity contribution is -0.139. The molecule has 0 spiro atoms. The first-order valence-corrected chi connectivity index (χ1v) is 15.3. The van der Waals surface area contributed by atoms with E-state index in [4.69, 9.17) is 14.2 Å². The van der Waals surface area contributed by atoms with E-state index in [1.165, 1.54) is 42.3 Å². The molecule has 2 amide bonds. The summed E-state index contributed by atoms with van der Waals surface area (Å²) >= 11 is 0. The van der Waals surface area contributed by atoms with Gasteiger partial charge < -0.3 is 24.4 Å². The van der Waals surface area contributed by atoms with Gasteiger partial charge in [-0.3, -0.25) is 13.9 Å². The average Bonchev–Trinajstić information content (AvgIpc) is 3.01. The summed E-state index contributed by atoms with van der Waals surface area (Å²) in [6, 6.07) is 15.1. The van der Waals surface area contributed by atoms with Crippen LogP contribution in [0.15, 0.2) is 71.6 Å². The number of sulfonamides is 1. The molecule has 1 N–H and O–H groups in total. The van der Waals surface area contributed by atoms with E-state index in [0.29, 0.717) is 30.2 Å². The number of carbonyl (C=O) groups is 2. The molecule has 4 rings (SSSR count). The van der Waals surface area contributed by atoms with Crippen molar-refractivity contribution in [1.29, 1.82) is 0 Å². The molecule has 0 radical (unpaired) electrons. The van der Waals surface area contributed by atoms with Gasteiger partial charge in [0, 0.05) is 19.2 Å². The third-order valence-electron chi connectivity index (χ3n) is 6.83. The van der Waals surface area contributed by atoms with Crippen molar-refractivity contribution in [2.45, 2.75) is 38.3 Å². The Balaban J connectivity index is 1.71. The number of benzene rings is 3. The van der Waals surface area contributed by atoms with Crippen molar-refractivity contribution in [3.63, 3.8) is 0 Å². The molecule has 0 aromatic heterocycles. The Bertz CT molecular complexity index is 1550. The maximum absolute atomic E-state index is 14.1. The molecule has 10 nitrogen and oxygen atoms in total. The van der Waals surface area contributed by atoms with Gasteiger partial charge in [-0.05, 0) is 66.9 Å². The Labute approximate surface area is 251 Å². The largest absolute Gasteiger partial charge is 0.497 e. The van der Waals surface area contributed by atoms with E-state index in [1.807, 2.05) is 13.8 Å². The van der Waals surface area contributed by atoms with Crippen molar-refractivity contribution in [3.05, 3.63) is 78.1 Å². The van der Waals surface area contributed by atoms with Crippen LogP contribution < -0.4 is 23.8 Å². The van der Waals surface area contributed by atoms with Gasteiger partial charge in [-0.25, -0.2) is 12.8 Å². The summed E-state index contributed by atoms with van der Waals surface area (Å²) in [6.07, 6.45) is 0. The number of methoxy groups -OCH3 is 1. The third kappa shape index (κ3) is 7.75. The molecule has 1 aliphatic rings. The van der Waals surface area contributed by atoms with Crippen molar-refractivity contribution in [3.8, 4) is 17.2 Å². The van der Waals surface area contributed by atoms with Gasteiger partial charge in [0.1, 0.15) is 37.4 Å². The van der Waals surface area contributed by atoms with E-state index in [2.05, 4.69) is 5.32 Å². The lowest BCUT2D eigenvalue weighted by atomic mass is 10.1. The number of nitrogens with one attached hydrogen (secondary N) is 1. The summed E-state index contributed by atoms with van der Waals surface area (Å²) in [5, 5.41) is 2.85. The fourth-order valence-electron chi connectivity index (χ4n) is 4.45. The number of hydrogen-bond donors (Lipinski definition) is 1. The van der Waals surface area contributed by atoms with Crippen LogP contribution in [0.3, 0.4) is 0 Å². The number of hydrogen-bond acceptors (Lipinski definition) is 7. The van der Waals surface area contributed by atoms with E-state index >= 15 is 0 Å². The molecule has 3 aromatic rings. The van der Waals surface area contributed by atoms with Gasteiger partial charge in [0.15, 0.2) is 11.5 Å². The maximum Gasteiger partial charge on any atom is 0.264 e. The van der Waals surface area contributed by atoms with Crippen LogP contribution in [0, 0.1) is 11.7 Å². The zero-order chi connectivity index (χ0) is 31.1. The zero-order valence-electron chi connectivity index (χ0n) is 24.6. The lowest BCUT2D eigenvalue weighted by Gasteiger charge is -2.32. The molecule has 12 heteroatoms. The Morgan fingerprint density at radius 1 is 0.977 bits per heavy atom. The van der Waals surface area contributed by atoms with E-state index < -0.39 is 34.3 Å². The standard InChI is InChI=1S/C31H36FN3O7S/c1-21(2)18-33-31(37)22(3)34(19-23-6-5-7-26(16-23)40-4)30(36)20-35(25-10-8-24(32)9-11-25)43(38,39)27-12-13-28-29(17-27)42-15-14-41-28/h5-13,16-17,21-22H,14-15,18-20H2,1-4H3,(H,33,37)/t22-/m0/s1. The number of fused-ring (bicyclic) bond motifs is 1. The molecule has 1 aliphatic heterocycles. The molecular weight excluding hydrogens is 577 g/mol. The molecular formula is C31H36FN3O7S. The number of nitrogens with zero attached hydrogens (tertiary/aromatic N) is 2. The monoisotopic (exact) mass is 613 g/mol. The summed E-state index contributed by atoms with van der Waals surface area (Å²) in [6.45, 7) is 5.84. The molecule has 3 aromatic carbocycles. The van der Waals surface area contributed by atoms with Crippen LogP contribution in [-0.2, 0) is 26.2 Å². The van der Waals surface area contributed by atoms with E-state index in [0.717, 1.165) is 16.4 Å². The number of anilines is 1. The van der Waals surface area contributed by atoms with Crippen molar-refractivity contribution in [1.82, 2.24) is 10.2 Å². The van der Waals surface area contributed by atoms with Gasteiger partial charge in [-0.15, -0.1) is 0 Å². The summed E-state index contributed by atoms with van der Waals surface area (Å²) in [7, 11) is -2.85. The van der Waals surface area contributed by atoms with Crippen molar-refractivity contribution in [2.24, 2.45) is 5.92 Å². The molecule has 0 bridgehead atoms. The van der Waals surface area contributed by atoms with Gasteiger partial charge in [0.25, 0.3) is 10.0 Å². The second-order valence-corrected chi connectivity index (χ2v) is 12.3. The summed E-state index contributed by atoms with van der Waals surface area (Å²) in [5.41, 5.74) is 0.752. The predicted octanol–water partition coefficient (Wildman–Crippen LogP) is 3.99. The highest BCUT2D eigenvalue weighted by Crippen LogP contribution is 2.34. The van der Waals surface area contributed by atoms with E-state index in [-0.39, 0.29) is 41.3 Å². The SMILES string of the molecule is COc1cccc(CN(C(=O)CN(c2ccc(F)cc2)S(=O)(=O)c2ccc3c(c2)OCCO3)[C@@H](C)C(=O)NCC(C)C)c1. The van der Waals surface area contributed by atoms with Crippen LogP contribution in [0.5, 0.6) is 17.2 Å². The van der Waals surface area contributed by atoms with Gasteiger partial charge in [0.05, 0.1) is 17.7 Å². The van der Waals surface area contributed by atoms with E-state index in [9.17, 15) is 22.4 Å². The van der Waals surface area contributed by atoms with Gasteiger partial charge in [0.2, 0.25) is 11.8 Å². The van der Waals surface area contributed by atoms with Crippen molar-refractivity contribution in [2.75, 3.05) is 37.7 Å². The first-order valence-electron chi connectivity index (χ1n) is 13.9. The minimum Gasteiger partial charge on any atom is -0.497 e. The minimum atomic E-state index is -4.37. The Kier molecular flexibility index (Phi) is 10.1. The molecule has 0 saturated carbocycles. The van der Waals surface area contributed by atoms with Gasteiger partial charge >= 0.3 is 0 Å². The molecule has 43 heavy (non-hydrogen) atoms. The number of ether oxygens (including phenoxy) is 3. The highest BCUT2D eigenvalue weighted by molar-refractivity contribution is 7.92. The number of amides is 2. The summed E-state index contributed by atoms with van der Waals surface area (Å²) in [4.78, 5) is 28.3. The first kappa shape index (κ1) is 31.6. The minimum absolute atomic E-state index is 0.00757. The van der Waals surface area contributed by atoms with Crippen LogP contribution in [0.1, 0.15) is 26.3 Å². The topological polar surface area (TPSA) is 114 Å². The number of carbonyl (C=O) groups excluding carboxylic acids is 2. The van der Waals surface area contributed by atoms with Crippen molar-refractivity contribution < 1.29 is 36.6 Å². The molecule has 230 valence electrons. The smallest absolute Gasteiger partial charge is 0.264 e. The van der Waals surface area contributed by atoms with Crippen molar-refractivity contribution >= 4 is 27.5 Å². The first-order chi connectivity index (χ1) is 20.5. The quantitative estimate of drug-likeness (QED) is 0.329. The molecule has 0 unspecified atom stereocenters. The summed E-state index contributed by atoms with van der Waals surface area (Å²) in [5.74, 6) is -0.178. The second kappa shape index (κ2) is 13.8. The molecule has 0 fully saturated rings. The Morgan fingerprint density at radius 2 is 1.67 bits per heavy atom. The molecule has 0 aliphatic carbocycles. The fourth-order valence-corrected chi connectivity index (χ4v) is 5.88. The van der Waals surface area contributed by atoms with Crippen LogP contribution in [0.4, 0.5) is 10.1 Å². The number of rotatable bonds is 12. The van der Waals surface area contributed by atoms with E-state index in [1.54, 1.807) is 31.2 Å². The van der Waals surface area contributed by atoms with Gasteiger partial charge in [-0.1, -0.05) is 26.0 Å². The third-order valence-corrected chi connectivity index (χ3v) is 8.60. The highest BCUT2D eigenvalue weighted by atomic mass is 32.2. The molecule has 1 atom stereocenters. The Morgan fingerprint density at radius 3 is 2.35 bits per heavy atom. The number of halogens is 1. The van der Waals surface area contributed by atoms with Crippen LogP contribution in [0.2, 0.25) is 0 Å². The Hall–Kier alpha value is -4.32.